The molecule has 1 aromatic carbocycles. The zero-order chi connectivity index (χ0) is 22.2. The van der Waals surface area contributed by atoms with Crippen molar-refractivity contribution in [2.45, 2.75) is 32.9 Å². The van der Waals surface area contributed by atoms with Crippen LogP contribution in [0.2, 0.25) is 0 Å². The first-order chi connectivity index (χ1) is 15.5. The highest BCUT2D eigenvalue weighted by Gasteiger charge is 2.42. The van der Waals surface area contributed by atoms with Crippen LogP contribution in [0, 0.1) is 20.8 Å². The van der Waals surface area contributed by atoms with Crippen molar-refractivity contribution in [3.8, 4) is 5.82 Å². The lowest BCUT2D eigenvalue weighted by Gasteiger charge is -2.28. The summed E-state index contributed by atoms with van der Waals surface area (Å²) < 4.78 is 2.21. The number of anilines is 1. The average molecular weight is 440 g/mol. The largest absolute Gasteiger partial charge is 0.351 e. The second kappa shape index (κ2) is 8.20. The van der Waals surface area contributed by atoms with E-state index in [1.165, 1.54) is 11.1 Å². The lowest BCUT2D eigenvalue weighted by molar-refractivity contribution is 0.565. The molecule has 160 valence electrons. The Morgan fingerprint density at radius 2 is 1.66 bits per heavy atom. The van der Waals surface area contributed by atoms with E-state index >= 15 is 0 Å². The van der Waals surface area contributed by atoms with Crippen molar-refractivity contribution in [1.82, 2.24) is 19.9 Å². The lowest BCUT2D eigenvalue weighted by atomic mass is 9.96. The predicted molar refractivity (Wildman–Crippen MR) is 132 cm³/mol. The highest BCUT2D eigenvalue weighted by atomic mass is 32.1. The number of hydrogen-bond acceptors (Lipinski definition) is 3. The Kier molecular flexibility index (Phi) is 5.23. The molecule has 0 aliphatic carbocycles. The number of rotatable bonds is 4. The van der Waals surface area contributed by atoms with Crippen LogP contribution in [0.3, 0.4) is 0 Å². The van der Waals surface area contributed by atoms with Crippen LogP contribution in [0.25, 0.3) is 5.82 Å². The molecule has 0 radical (unpaired) electrons. The third-order valence-corrected chi connectivity index (χ3v) is 6.36. The van der Waals surface area contributed by atoms with E-state index in [0.717, 1.165) is 28.6 Å². The van der Waals surface area contributed by atoms with Crippen molar-refractivity contribution >= 4 is 23.0 Å². The van der Waals surface area contributed by atoms with Gasteiger partial charge in [-0.2, -0.15) is 0 Å². The zero-order valence-corrected chi connectivity index (χ0v) is 19.2. The Balaban J connectivity index is 1.69. The molecule has 5 rings (SSSR count). The van der Waals surface area contributed by atoms with E-state index in [1.807, 2.05) is 42.7 Å². The third-order valence-electron chi connectivity index (χ3n) is 6.05. The summed E-state index contributed by atoms with van der Waals surface area (Å²) in [4.78, 5) is 11.5. The van der Waals surface area contributed by atoms with Crippen LogP contribution in [0.15, 0.2) is 79.1 Å². The van der Waals surface area contributed by atoms with Gasteiger partial charge in [0.25, 0.3) is 0 Å². The van der Waals surface area contributed by atoms with E-state index in [9.17, 15) is 0 Å². The van der Waals surface area contributed by atoms with E-state index in [4.69, 9.17) is 12.2 Å². The Morgan fingerprint density at radius 3 is 2.34 bits per heavy atom. The quantitative estimate of drug-likeness (QED) is 0.433. The molecule has 4 aromatic rings. The molecule has 2 unspecified atom stereocenters. The molecule has 6 heteroatoms. The SMILES string of the molecule is Cc1cccc(N2C(=S)NC(c3ccccn3)C2c2cc(C)n(-c3ccccn3)c2C)c1. The summed E-state index contributed by atoms with van der Waals surface area (Å²) in [5.74, 6) is 0.916. The number of thiocarbonyl (C=S) groups is 1. The first-order valence-electron chi connectivity index (χ1n) is 10.7. The molecule has 1 aliphatic heterocycles. The van der Waals surface area contributed by atoms with Gasteiger partial charge in [0.15, 0.2) is 5.11 Å². The normalized spacial score (nSPS) is 18.1. The molecular formula is C26H25N5S. The summed E-state index contributed by atoms with van der Waals surface area (Å²) in [6, 6.07) is 22.6. The fraction of sp³-hybridized carbons (Fsp3) is 0.192. The lowest BCUT2D eigenvalue weighted by Crippen LogP contribution is -2.29. The summed E-state index contributed by atoms with van der Waals surface area (Å²) in [6.07, 6.45) is 3.67. The van der Waals surface area contributed by atoms with Crippen molar-refractivity contribution in [1.29, 1.82) is 0 Å². The first kappa shape index (κ1) is 20.4. The number of benzene rings is 1. The van der Waals surface area contributed by atoms with Gasteiger partial charge in [0.05, 0.1) is 17.8 Å². The van der Waals surface area contributed by atoms with Gasteiger partial charge in [-0.3, -0.25) is 4.98 Å². The van der Waals surface area contributed by atoms with E-state index < -0.39 is 0 Å². The minimum atomic E-state index is -0.0677. The van der Waals surface area contributed by atoms with Crippen LogP contribution >= 0.6 is 12.2 Å². The van der Waals surface area contributed by atoms with Gasteiger partial charge < -0.3 is 14.8 Å². The van der Waals surface area contributed by atoms with Gasteiger partial charge in [-0.05, 0) is 86.6 Å². The maximum Gasteiger partial charge on any atom is 0.174 e. The van der Waals surface area contributed by atoms with Crippen LogP contribution in [-0.2, 0) is 0 Å². The Morgan fingerprint density at radius 1 is 0.875 bits per heavy atom. The Bertz CT molecular complexity index is 1270. The van der Waals surface area contributed by atoms with Gasteiger partial charge in [0.2, 0.25) is 0 Å². The summed E-state index contributed by atoms with van der Waals surface area (Å²) >= 11 is 5.86. The first-order valence-corrected chi connectivity index (χ1v) is 11.1. The number of aromatic nitrogens is 3. The summed E-state index contributed by atoms with van der Waals surface area (Å²) in [7, 11) is 0. The fourth-order valence-electron chi connectivity index (χ4n) is 4.65. The number of pyridine rings is 2. The molecule has 32 heavy (non-hydrogen) atoms. The zero-order valence-electron chi connectivity index (χ0n) is 18.4. The molecule has 0 bridgehead atoms. The molecule has 1 saturated heterocycles. The fourth-order valence-corrected chi connectivity index (χ4v) is 5.00. The maximum absolute atomic E-state index is 5.86. The van der Waals surface area contributed by atoms with Gasteiger partial charge in [-0.1, -0.05) is 24.3 Å². The van der Waals surface area contributed by atoms with E-state index in [-0.39, 0.29) is 12.1 Å². The maximum atomic E-state index is 5.86. The molecule has 0 spiro atoms. The van der Waals surface area contributed by atoms with Crippen LogP contribution in [0.1, 0.15) is 40.3 Å². The molecular weight excluding hydrogens is 414 g/mol. The van der Waals surface area contributed by atoms with Crippen molar-refractivity contribution in [3.63, 3.8) is 0 Å². The van der Waals surface area contributed by atoms with Crippen LogP contribution in [0.4, 0.5) is 5.69 Å². The van der Waals surface area contributed by atoms with E-state index in [0.29, 0.717) is 5.11 Å². The molecule has 0 amide bonds. The van der Waals surface area contributed by atoms with Crippen LogP contribution < -0.4 is 10.2 Å². The number of hydrogen-bond donors (Lipinski definition) is 1. The minimum Gasteiger partial charge on any atom is -0.351 e. The summed E-state index contributed by atoms with van der Waals surface area (Å²) in [6.45, 7) is 6.38. The van der Waals surface area contributed by atoms with Crippen LogP contribution in [-0.4, -0.2) is 19.6 Å². The smallest absolute Gasteiger partial charge is 0.174 e. The Labute approximate surface area is 193 Å². The Hall–Kier alpha value is -3.51. The van der Waals surface area contributed by atoms with Gasteiger partial charge in [-0.25, -0.2) is 4.98 Å². The molecule has 1 fully saturated rings. The highest BCUT2D eigenvalue weighted by Crippen LogP contribution is 2.43. The van der Waals surface area contributed by atoms with Gasteiger partial charge in [0.1, 0.15) is 5.82 Å². The van der Waals surface area contributed by atoms with Gasteiger partial charge in [-0.15, -0.1) is 0 Å². The monoisotopic (exact) mass is 439 g/mol. The molecule has 4 heterocycles. The molecule has 3 aromatic heterocycles. The molecule has 2 atom stereocenters. The minimum absolute atomic E-state index is 0.0390. The second-order valence-electron chi connectivity index (χ2n) is 8.19. The van der Waals surface area contributed by atoms with Gasteiger partial charge >= 0.3 is 0 Å². The number of nitrogens with zero attached hydrogens (tertiary/aromatic N) is 4. The average Bonchev–Trinajstić information content (AvgIpc) is 3.30. The van der Waals surface area contributed by atoms with Gasteiger partial charge in [0, 0.05) is 29.5 Å². The molecule has 1 N–H and O–H groups in total. The van der Waals surface area contributed by atoms with Crippen molar-refractivity contribution in [2.75, 3.05) is 4.90 Å². The standard InChI is InChI=1S/C26H25N5S/c1-17-9-8-10-20(15-17)31-25(24(29-26(31)32)22-11-4-6-13-27-22)21-16-18(2)30(19(21)3)23-12-5-7-14-28-23/h4-16,24-25H,1-3H3,(H,29,32). The van der Waals surface area contributed by atoms with Crippen molar-refractivity contribution in [3.05, 3.63) is 107 Å². The molecule has 0 saturated carbocycles. The van der Waals surface area contributed by atoms with Crippen LogP contribution in [0.5, 0.6) is 0 Å². The summed E-state index contributed by atoms with van der Waals surface area (Å²) in [5.41, 5.74) is 6.74. The topological polar surface area (TPSA) is 46.0 Å². The number of nitrogens with one attached hydrogen (secondary N) is 1. The van der Waals surface area contributed by atoms with Crippen molar-refractivity contribution in [2.24, 2.45) is 0 Å². The highest BCUT2D eigenvalue weighted by molar-refractivity contribution is 7.80. The predicted octanol–water partition coefficient (Wildman–Crippen LogP) is 5.37. The number of aryl methyl sites for hydroxylation is 2. The van der Waals surface area contributed by atoms with Crippen molar-refractivity contribution < 1.29 is 0 Å². The third kappa shape index (κ3) is 3.46. The van der Waals surface area contributed by atoms with E-state index in [1.54, 1.807) is 0 Å². The summed E-state index contributed by atoms with van der Waals surface area (Å²) in [5, 5.41) is 4.26. The molecule has 5 nitrogen and oxygen atoms in total. The molecule has 1 aliphatic rings. The second-order valence-corrected chi connectivity index (χ2v) is 8.57. The van der Waals surface area contributed by atoms with E-state index in [2.05, 4.69) is 81.9 Å².